The van der Waals surface area contributed by atoms with Gasteiger partial charge in [-0.05, 0) is 24.3 Å². The highest BCUT2D eigenvalue weighted by Crippen LogP contribution is 2.29. The van der Waals surface area contributed by atoms with Crippen LogP contribution < -0.4 is 10.2 Å². The number of hydrogen-bond donors (Lipinski definition) is 1. The van der Waals surface area contributed by atoms with E-state index in [1.54, 1.807) is 24.3 Å². The van der Waals surface area contributed by atoms with E-state index in [-0.39, 0.29) is 11.6 Å². The predicted molar refractivity (Wildman–Crippen MR) is 89.1 cm³/mol. The Kier molecular flexibility index (Phi) is 4.85. The van der Waals surface area contributed by atoms with E-state index in [1.165, 1.54) is 0 Å². The highest BCUT2D eigenvalue weighted by Gasteiger charge is 2.27. The fourth-order valence-corrected chi connectivity index (χ4v) is 2.65. The number of nitrogens with one attached hydrogen (secondary N) is 1. The number of fused-ring (bicyclic) bond motifs is 1. The van der Waals surface area contributed by atoms with Gasteiger partial charge in [0.2, 0.25) is 5.91 Å². The molecule has 0 saturated carbocycles. The van der Waals surface area contributed by atoms with E-state index < -0.39 is 41.6 Å². The molecule has 0 spiro atoms. The fourth-order valence-electron chi connectivity index (χ4n) is 2.42. The summed E-state index contributed by atoms with van der Waals surface area (Å²) in [5, 5.41) is 2.28. The molecule has 26 heavy (non-hydrogen) atoms. The maximum absolute atomic E-state index is 13.3. The Bertz CT molecular complexity index is 920. The van der Waals surface area contributed by atoms with E-state index in [0.717, 1.165) is 4.90 Å². The number of anilines is 2. The van der Waals surface area contributed by atoms with Crippen LogP contribution in [-0.2, 0) is 14.3 Å². The van der Waals surface area contributed by atoms with Crippen molar-refractivity contribution in [2.24, 2.45) is 0 Å². The molecule has 1 heterocycles. The molecule has 2 aromatic rings. The first-order valence-electron chi connectivity index (χ1n) is 7.37. The van der Waals surface area contributed by atoms with Crippen LogP contribution in [0.2, 0.25) is 5.02 Å². The number of hydrogen-bond acceptors (Lipinski definition) is 4. The van der Waals surface area contributed by atoms with E-state index >= 15 is 0 Å². The highest BCUT2D eigenvalue weighted by atomic mass is 35.5. The number of amides is 2. The van der Waals surface area contributed by atoms with E-state index in [4.69, 9.17) is 16.3 Å². The summed E-state index contributed by atoms with van der Waals surface area (Å²) in [6.45, 7) is -0.935. The first kappa shape index (κ1) is 17.8. The van der Waals surface area contributed by atoms with Crippen LogP contribution in [0.3, 0.4) is 0 Å². The molecule has 1 aliphatic heterocycles. The number of carbonyl (C=O) groups excluding carboxylic acids is 3. The Morgan fingerprint density at radius 1 is 1.19 bits per heavy atom. The summed E-state index contributed by atoms with van der Waals surface area (Å²) in [6.07, 6.45) is 0. The molecule has 2 amide bonds. The van der Waals surface area contributed by atoms with Crippen molar-refractivity contribution in [2.45, 2.75) is 0 Å². The Balaban J connectivity index is 1.73. The summed E-state index contributed by atoms with van der Waals surface area (Å²) in [5.41, 5.74) is 0.501. The molecular weight excluding hydrogens is 370 g/mol. The lowest BCUT2D eigenvalue weighted by molar-refractivity contribution is -0.124. The van der Waals surface area contributed by atoms with Crippen LogP contribution in [0.15, 0.2) is 36.4 Å². The molecule has 9 heteroatoms. The maximum Gasteiger partial charge on any atom is 0.340 e. The van der Waals surface area contributed by atoms with E-state index in [1.807, 2.05) is 0 Å². The molecular formula is C17H11ClF2N2O4. The van der Waals surface area contributed by atoms with Crippen LogP contribution >= 0.6 is 11.6 Å². The van der Waals surface area contributed by atoms with Crippen molar-refractivity contribution in [2.75, 3.05) is 23.4 Å². The van der Waals surface area contributed by atoms with Gasteiger partial charge in [-0.1, -0.05) is 23.7 Å². The number of benzene rings is 2. The SMILES string of the molecule is O=C1CN(C(=O)COC(=O)c2cc(F)c(F)cc2Cl)c2ccccc2N1. The summed E-state index contributed by atoms with van der Waals surface area (Å²) in [7, 11) is 0. The Hall–Kier alpha value is -3.00. The predicted octanol–water partition coefficient (Wildman–Crippen LogP) is 2.76. The van der Waals surface area contributed by atoms with Crippen molar-refractivity contribution in [1.82, 2.24) is 0 Å². The van der Waals surface area contributed by atoms with Gasteiger partial charge in [-0.2, -0.15) is 0 Å². The number of rotatable bonds is 3. The number of esters is 1. The normalized spacial score (nSPS) is 13.0. The van der Waals surface area contributed by atoms with Crippen molar-refractivity contribution < 1.29 is 27.9 Å². The fraction of sp³-hybridized carbons (Fsp3) is 0.118. The van der Waals surface area contributed by atoms with Gasteiger partial charge in [0.05, 0.1) is 22.0 Å². The van der Waals surface area contributed by atoms with Crippen LogP contribution in [-0.4, -0.2) is 30.9 Å². The van der Waals surface area contributed by atoms with Crippen LogP contribution in [0.5, 0.6) is 0 Å². The van der Waals surface area contributed by atoms with Crippen LogP contribution in [0.25, 0.3) is 0 Å². The smallest absolute Gasteiger partial charge is 0.340 e. The van der Waals surface area contributed by atoms with Crippen LogP contribution in [0.1, 0.15) is 10.4 Å². The van der Waals surface area contributed by atoms with Gasteiger partial charge in [0.1, 0.15) is 6.54 Å². The standard InChI is InChI=1S/C17H11ClF2N2O4/c18-10-6-12(20)11(19)5-9(10)17(25)26-8-16(24)22-7-15(23)21-13-3-1-2-4-14(13)22/h1-6H,7-8H2,(H,21,23). The Morgan fingerprint density at radius 2 is 1.88 bits per heavy atom. The minimum atomic E-state index is -1.27. The van der Waals surface area contributed by atoms with Crippen molar-refractivity contribution in [3.63, 3.8) is 0 Å². The first-order valence-corrected chi connectivity index (χ1v) is 7.75. The molecule has 1 N–H and O–H groups in total. The zero-order valence-corrected chi connectivity index (χ0v) is 13.8. The molecule has 0 aliphatic carbocycles. The van der Waals surface area contributed by atoms with Gasteiger partial charge in [-0.15, -0.1) is 0 Å². The van der Waals surface area contributed by atoms with Gasteiger partial charge in [0.15, 0.2) is 18.2 Å². The average molecular weight is 381 g/mol. The molecule has 0 radical (unpaired) electrons. The van der Waals surface area contributed by atoms with Gasteiger partial charge < -0.3 is 10.1 Å². The summed E-state index contributed by atoms with van der Waals surface area (Å²) >= 11 is 5.69. The summed E-state index contributed by atoms with van der Waals surface area (Å²) < 4.78 is 31.1. The largest absolute Gasteiger partial charge is 0.452 e. The molecule has 0 atom stereocenters. The van der Waals surface area contributed by atoms with Crippen LogP contribution in [0, 0.1) is 11.6 Å². The third-order valence-corrected chi connectivity index (χ3v) is 3.94. The van der Waals surface area contributed by atoms with Crippen molar-refractivity contribution in [1.29, 1.82) is 0 Å². The average Bonchev–Trinajstić information content (AvgIpc) is 2.61. The summed E-state index contributed by atoms with van der Waals surface area (Å²) in [5.74, 6) is -4.61. The van der Waals surface area contributed by atoms with Gasteiger partial charge in [-0.25, -0.2) is 13.6 Å². The van der Waals surface area contributed by atoms with Gasteiger partial charge in [0.25, 0.3) is 5.91 Å². The molecule has 0 aromatic heterocycles. The molecule has 3 rings (SSSR count). The first-order chi connectivity index (χ1) is 12.4. The lowest BCUT2D eigenvalue weighted by Gasteiger charge is -2.28. The third-order valence-electron chi connectivity index (χ3n) is 3.63. The van der Waals surface area contributed by atoms with Gasteiger partial charge >= 0.3 is 5.97 Å². The molecule has 0 fully saturated rings. The van der Waals surface area contributed by atoms with Gasteiger partial charge in [0, 0.05) is 0 Å². The number of nitrogens with zero attached hydrogens (tertiary/aromatic N) is 1. The highest BCUT2D eigenvalue weighted by molar-refractivity contribution is 6.33. The second kappa shape index (κ2) is 7.09. The minimum absolute atomic E-state index is 0.237. The monoisotopic (exact) mass is 380 g/mol. The minimum Gasteiger partial charge on any atom is -0.452 e. The van der Waals surface area contributed by atoms with Gasteiger partial charge in [-0.3, -0.25) is 14.5 Å². The zero-order valence-electron chi connectivity index (χ0n) is 13.1. The lowest BCUT2D eigenvalue weighted by atomic mass is 10.2. The lowest BCUT2D eigenvalue weighted by Crippen LogP contribution is -2.44. The van der Waals surface area contributed by atoms with Crippen molar-refractivity contribution >= 4 is 40.8 Å². The second-order valence-corrected chi connectivity index (χ2v) is 5.77. The third kappa shape index (κ3) is 3.50. The summed E-state index contributed by atoms with van der Waals surface area (Å²) in [6, 6.07) is 7.86. The summed E-state index contributed by atoms with van der Waals surface area (Å²) in [4.78, 5) is 37.2. The van der Waals surface area contributed by atoms with E-state index in [9.17, 15) is 23.2 Å². The molecule has 134 valence electrons. The Labute approximate surface area is 151 Å². The quantitative estimate of drug-likeness (QED) is 0.656. The molecule has 0 bridgehead atoms. The van der Waals surface area contributed by atoms with Crippen LogP contribution in [0.4, 0.5) is 20.2 Å². The molecule has 0 saturated heterocycles. The topological polar surface area (TPSA) is 75.7 Å². The van der Waals surface area contributed by atoms with Crippen molar-refractivity contribution in [3.8, 4) is 0 Å². The number of halogens is 3. The van der Waals surface area contributed by atoms with Crippen molar-refractivity contribution in [3.05, 3.63) is 58.6 Å². The molecule has 0 unspecified atom stereocenters. The number of para-hydroxylation sites is 2. The zero-order chi connectivity index (χ0) is 18.8. The number of ether oxygens (including phenoxy) is 1. The molecule has 6 nitrogen and oxygen atoms in total. The number of carbonyl (C=O) groups is 3. The van der Waals surface area contributed by atoms with E-state index in [2.05, 4.69) is 5.32 Å². The molecule has 1 aliphatic rings. The Morgan fingerprint density at radius 3 is 2.65 bits per heavy atom. The second-order valence-electron chi connectivity index (χ2n) is 5.37. The molecule has 2 aromatic carbocycles. The van der Waals surface area contributed by atoms with E-state index in [0.29, 0.717) is 23.5 Å². The maximum atomic E-state index is 13.3.